The van der Waals surface area contributed by atoms with Crippen LogP contribution in [0.15, 0.2) is 18.7 Å². The SMILES string of the molecule is C=CCCOC(=O)NCc1cc(C(C)C)c2c(c1O)C(=O)[C@@H]1C(O)[C@@]3(O)C(=O)[C@H](C(N)=O)C(O)[C@H](C(C)C)[C@@]3(C)C[C@@]1(C)C2. The molecule has 2 fully saturated rings. The summed E-state index contributed by atoms with van der Waals surface area (Å²) in [5.41, 5.74) is 2.14. The van der Waals surface area contributed by atoms with E-state index in [2.05, 4.69) is 11.9 Å². The molecule has 0 aliphatic heterocycles. The molecule has 0 heterocycles. The van der Waals surface area contributed by atoms with Crippen LogP contribution in [0.25, 0.3) is 0 Å². The predicted octanol–water partition coefficient (Wildman–Crippen LogP) is 2.50. The van der Waals surface area contributed by atoms with Crippen molar-refractivity contribution >= 4 is 23.6 Å². The summed E-state index contributed by atoms with van der Waals surface area (Å²) in [4.78, 5) is 52.9. The van der Waals surface area contributed by atoms with Gasteiger partial charge in [-0.3, -0.25) is 14.4 Å². The molecule has 1 aromatic rings. The largest absolute Gasteiger partial charge is 0.507 e. The zero-order valence-corrected chi connectivity index (χ0v) is 26.3. The lowest BCUT2D eigenvalue weighted by atomic mass is 9.39. The highest BCUT2D eigenvalue weighted by molar-refractivity contribution is 6.09. The molecular weight excluding hydrogens is 568 g/mol. The van der Waals surface area contributed by atoms with E-state index in [9.17, 15) is 39.6 Å². The van der Waals surface area contributed by atoms with Gasteiger partial charge in [-0.1, -0.05) is 47.6 Å². The minimum atomic E-state index is -2.58. The number of carbonyl (C=O) groups excluding carboxylic acids is 4. The van der Waals surface area contributed by atoms with E-state index in [0.717, 1.165) is 5.56 Å². The van der Waals surface area contributed by atoms with E-state index < -0.39 is 70.0 Å². The molecule has 2 unspecified atom stereocenters. The molecule has 44 heavy (non-hydrogen) atoms. The van der Waals surface area contributed by atoms with Crippen molar-refractivity contribution in [3.8, 4) is 5.75 Å². The van der Waals surface area contributed by atoms with Crippen molar-refractivity contribution in [2.75, 3.05) is 6.61 Å². The topological polar surface area (TPSA) is 196 Å². The zero-order chi connectivity index (χ0) is 33.1. The van der Waals surface area contributed by atoms with Crippen molar-refractivity contribution in [1.29, 1.82) is 0 Å². The number of alkyl carbamates (subject to hydrolysis) is 1. The molecule has 8 atom stereocenters. The van der Waals surface area contributed by atoms with Gasteiger partial charge in [0.15, 0.2) is 17.2 Å². The first kappa shape index (κ1) is 33.6. The Morgan fingerprint density at radius 1 is 1.20 bits per heavy atom. The number of benzene rings is 1. The highest BCUT2D eigenvalue weighted by atomic mass is 16.5. The third-order valence-corrected chi connectivity index (χ3v) is 10.5. The van der Waals surface area contributed by atoms with Gasteiger partial charge in [0.25, 0.3) is 0 Å². The fourth-order valence-corrected chi connectivity index (χ4v) is 8.79. The first-order valence-electron chi connectivity index (χ1n) is 15.2. The van der Waals surface area contributed by atoms with Gasteiger partial charge < -0.3 is 36.2 Å². The van der Waals surface area contributed by atoms with Crippen LogP contribution in [0.1, 0.15) is 87.4 Å². The summed E-state index contributed by atoms with van der Waals surface area (Å²) >= 11 is 0. The van der Waals surface area contributed by atoms with E-state index >= 15 is 0 Å². The third kappa shape index (κ3) is 4.84. The standard InChI is InChI=1S/C33H46N2O9/c1-8-9-10-44-30(42)35-13-17-11-18(15(2)3)19-12-31(6)14-32(7)22(16(4)5)26(38)21(29(34)41)27(39)33(32,43)28(40)23(31)25(37)20(19)24(17)36/h8,11,15-16,21-23,26,28,36,38,40,43H,1,9-10,12-14H2,2-7H3,(H2,34,41)(H,35,42)/t21-,22+,23-,26?,28?,31-,32-,33+/m1/s1. The van der Waals surface area contributed by atoms with Gasteiger partial charge in [-0.05, 0) is 59.6 Å². The summed E-state index contributed by atoms with van der Waals surface area (Å²) in [6.07, 6.45) is -1.78. The lowest BCUT2D eigenvalue weighted by Crippen LogP contribution is -2.79. The normalized spacial score (nSPS) is 34.7. The minimum Gasteiger partial charge on any atom is -0.507 e. The molecule has 1 aromatic carbocycles. The van der Waals surface area contributed by atoms with Crippen LogP contribution in [0.2, 0.25) is 0 Å². The number of phenolic OH excluding ortho intramolecular Hbond substituents is 1. The number of hydrogen-bond donors (Lipinski definition) is 6. The average Bonchev–Trinajstić information content (AvgIpc) is 2.89. The molecular formula is C33H46N2O9. The number of amides is 2. The van der Waals surface area contributed by atoms with Crippen molar-refractivity contribution in [1.82, 2.24) is 5.32 Å². The molecule has 11 heteroatoms. The number of aliphatic hydroxyl groups is 3. The van der Waals surface area contributed by atoms with E-state index in [0.29, 0.717) is 12.0 Å². The van der Waals surface area contributed by atoms with Crippen molar-refractivity contribution in [2.45, 2.75) is 91.1 Å². The summed E-state index contributed by atoms with van der Waals surface area (Å²) < 4.78 is 5.08. The molecule has 242 valence electrons. The van der Waals surface area contributed by atoms with E-state index in [1.54, 1.807) is 32.9 Å². The molecule has 7 N–H and O–H groups in total. The van der Waals surface area contributed by atoms with Crippen LogP contribution in [0.5, 0.6) is 5.75 Å². The second kappa shape index (κ2) is 11.6. The lowest BCUT2D eigenvalue weighted by molar-refractivity contribution is -0.265. The number of Topliss-reactive ketones (excluding diaryl/α,β-unsaturated/α-hetero) is 2. The number of rotatable bonds is 8. The van der Waals surface area contributed by atoms with Gasteiger partial charge in [0, 0.05) is 17.5 Å². The number of ketones is 2. The maximum absolute atomic E-state index is 14.4. The van der Waals surface area contributed by atoms with E-state index in [4.69, 9.17) is 10.5 Å². The van der Waals surface area contributed by atoms with Crippen LogP contribution >= 0.6 is 0 Å². The Balaban J connectivity index is 1.85. The third-order valence-electron chi connectivity index (χ3n) is 10.5. The van der Waals surface area contributed by atoms with E-state index in [-0.39, 0.29) is 54.7 Å². The Hall–Kier alpha value is -3.28. The summed E-state index contributed by atoms with van der Waals surface area (Å²) in [5.74, 6) is -7.57. The fourth-order valence-electron chi connectivity index (χ4n) is 8.79. The number of primary amides is 1. The van der Waals surface area contributed by atoms with Crippen LogP contribution in [-0.2, 0) is 27.3 Å². The summed E-state index contributed by atoms with van der Waals surface area (Å²) in [6.45, 7) is 14.5. The molecule has 0 radical (unpaired) electrons. The number of nitrogens with two attached hydrogens (primary N) is 1. The Labute approximate surface area is 257 Å². The summed E-state index contributed by atoms with van der Waals surface area (Å²) in [7, 11) is 0. The molecule has 2 saturated carbocycles. The van der Waals surface area contributed by atoms with Crippen LogP contribution in [0.4, 0.5) is 4.79 Å². The van der Waals surface area contributed by atoms with Crippen molar-refractivity contribution in [3.63, 3.8) is 0 Å². The van der Waals surface area contributed by atoms with Crippen LogP contribution in [0, 0.1) is 34.5 Å². The number of carbonyl (C=O) groups is 4. The second-order valence-corrected chi connectivity index (χ2v) is 14.0. The maximum atomic E-state index is 14.4. The van der Waals surface area contributed by atoms with Gasteiger partial charge in [-0.15, -0.1) is 6.58 Å². The van der Waals surface area contributed by atoms with Gasteiger partial charge in [-0.2, -0.15) is 0 Å². The molecule has 4 rings (SSSR count). The van der Waals surface area contributed by atoms with E-state index in [1.165, 1.54) is 0 Å². The first-order chi connectivity index (χ1) is 20.4. The van der Waals surface area contributed by atoms with Gasteiger partial charge in [0.05, 0.1) is 24.2 Å². The fraction of sp³-hybridized carbons (Fsp3) is 0.636. The molecule has 0 aromatic heterocycles. The number of aliphatic hydroxyl groups excluding tert-OH is 2. The average molecular weight is 615 g/mol. The molecule has 11 nitrogen and oxygen atoms in total. The number of fused-ring (bicyclic) bond motifs is 3. The number of nitrogens with one attached hydrogen (secondary N) is 1. The Morgan fingerprint density at radius 2 is 1.84 bits per heavy atom. The number of aromatic hydroxyl groups is 1. The minimum absolute atomic E-state index is 0.0306. The molecule has 2 amide bonds. The second-order valence-electron chi connectivity index (χ2n) is 14.0. The van der Waals surface area contributed by atoms with Crippen molar-refractivity contribution < 1.29 is 44.3 Å². The number of phenols is 1. The van der Waals surface area contributed by atoms with Crippen molar-refractivity contribution in [2.24, 2.45) is 40.2 Å². The molecule has 0 saturated heterocycles. The number of hydrogen-bond acceptors (Lipinski definition) is 9. The quantitative estimate of drug-likeness (QED) is 0.145. The molecule has 0 spiro atoms. The maximum Gasteiger partial charge on any atom is 0.407 e. The monoisotopic (exact) mass is 614 g/mol. The van der Waals surface area contributed by atoms with Gasteiger partial charge in [0.1, 0.15) is 17.8 Å². The van der Waals surface area contributed by atoms with Crippen LogP contribution < -0.4 is 11.1 Å². The predicted molar refractivity (Wildman–Crippen MR) is 161 cm³/mol. The Morgan fingerprint density at radius 3 is 2.39 bits per heavy atom. The molecule has 3 aliphatic rings. The van der Waals surface area contributed by atoms with Gasteiger partial charge in [0.2, 0.25) is 5.91 Å². The highest BCUT2D eigenvalue weighted by Crippen LogP contribution is 2.66. The molecule has 3 aliphatic carbocycles. The smallest absolute Gasteiger partial charge is 0.407 e. The Kier molecular flexibility index (Phi) is 8.84. The highest BCUT2D eigenvalue weighted by Gasteiger charge is 2.76. The summed E-state index contributed by atoms with van der Waals surface area (Å²) in [5, 5.41) is 49.6. The molecule has 0 bridgehead atoms. The zero-order valence-electron chi connectivity index (χ0n) is 26.3. The van der Waals surface area contributed by atoms with Crippen molar-refractivity contribution in [3.05, 3.63) is 41.0 Å². The van der Waals surface area contributed by atoms with Gasteiger partial charge >= 0.3 is 6.09 Å². The Bertz CT molecular complexity index is 1390. The lowest BCUT2D eigenvalue weighted by Gasteiger charge is -2.66. The number of ether oxygens (including phenoxy) is 1. The summed E-state index contributed by atoms with van der Waals surface area (Å²) in [6, 6.07) is 1.75. The van der Waals surface area contributed by atoms with E-state index in [1.807, 2.05) is 20.8 Å². The van der Waals surface area contributed by atoms with Crippen LogP contribution in [-0.4, -0.2) is 68.4 Å². The first-order valence-corrected chi connectivity index (χ1v) is 15.2. The van der Waals surface area contributed by atoms with Crippen LogP contribution in [0.3, 0.4) is 0 Å². The van der Waals surface area contributed by atoms with Gasteiger partial charge in [-0.25, -0.2) is 4.79 Å².